The number of hydrogen-bond donors (Lipinski definition) is 3. The van der Waals surface area contributed by atoms with Gasteiger partial charge in [-0.05, 0) is 91.3 Å². The lowest BCUT2D eigenvalue weighted by atomic mass is 9.86. The molecule has 2 atom stereocenters. The normalized spacial score (nSPS) is 16.1. The van der Waals surface area contributed by atoms with Crippen molar-refractivity contribution in [2.24, 2.45) is 0 Å². The number of ether oxygens (including phenoxy) is 1. The second-order valence-corrected chi connectivity index (χ2v) is 11.5. The summed E-state index contributed by atoms with van der Waals surface area (Å²) in [6, 6.07) is 3.98. The second kappa shape index (κ2) is 11.0. The van der Waals surface area contributed by atoms with Gasteiger partial charge in [0.05, 0.1) is 0 Å². The number of hydrogen-bond acceptors (Lipinski definition) is 5. The minimum absolute atomic E-state index is 0.0850. The van der Waals surface area contributed by atoms with Crippen LogP contribution in [-0.2, 0) is 14.3 Å². The molecule has 2 unspecified atom stereocenters. The summed E-state index contributed by atoms with van der Waals surface area (Å²) in [4.78, 5) is 41.7. The van der Waals surface area contributed by atoms with E-state index < -0.39 is 29.3 Å². The molecule has 190 valence electrons. The Morgan fingerprint density at radius 2 is 1.74 bits per heavy atom. The van der Waals surface area contributed by atoms with Gasteiger partial charge in [-0.1, -0.05) is 18.2 Å². The molecule has 1 saturated carbocycles. The van der Waals surface area contributed by atoms with E-state index in [1.54, 1.807) is 25.7 Å². The maximum Gasteiger partial charge on any atom is 0.408 e. The monoisotopic (exact) mass is 491 g/mol. The van der Waals surface area contributed by atoms with Gasteiger partial charge in [-0.3, -0.25) is 9.59 Å². The van der Waals surface area contributed by atoms with Crippen molar-refractivity contribution in [2.75, 3.05) is 5.75 Å². The summed E-state index contributed by atoms with van der Waals surface area (Å²) in [5.74, 6) is -0.487. The molecule has 0 spiro atoms. The van der Waals surface area contributed by atoms with E-state index in [-0.39, 0.29) is 23.6 Å². The smallest absolute Gasteiger partial charge is 0.408 e. The molecule has 0 saturated heterocycles. The average Bonchev–Trinajstić information content (AvgIpc) is 2.64. The van der Waals surface area contributed by atoms with Crippen LogP contribution in [0.15, 0.2) is 18.2 Å². The quantitative estimate of drug-likeness (QED) is 0.491. The first-order valence-electron chi connectivity index (χ1n) is 12.0. The highest BCUT2D eigenvalue weighted by Crippen LogP contribution is 2.35. The van der Waals surface area contributed by atoms with Gasteiger partial charge in [0.15, 0.2) is 0 Å². The van der Waals surface area contributed by atoms with Crippen LogP contribution >= 0.6 is 12.6 Å². The van der Waals surface area contributed by atoms with Crippen molar-refractivity contribution in [1.29, 1.82) is 0 Å². The lowest BCUT2D eigenvalue weighted by molar-refractivity contribution is -0.147. The summed E-state index contributed by atoms with van der Waals surface area (Å²) in [5, 5.41) is 5.73. The number of aryl methyl sites for hydroxylation is 1. The van der Waals surface area contributed by atoms with E-state index in [4.69, 9.17) is 4.74 Å². The predicted molar refractivity (Wildman–Crippen MR) is 138 cm³/mol. The Balaban J connectivity index is 2.50. The van der Waals surface area contributed by atoms with Gasteiger partial charge in [-0.2, -0.15) is 12.6 Å². The minimum atomic E-state index is -0.922. The number of alkyl carbamates (subject to hydrolysis) is 1. The lowest BCUT2D eigenvalue weighted by Crippen LogP contribution is -2.59. The zero-order valence-electron chi connectivity index (χ0n) is 21.8. The highest BCUT2D eigenvalue weighted by atomic mass is 32.1. The van der Waals surface area contributed by atoms with Crippen molar-refractivity contribution in [3.8, 4) is 0 Å². The maximum absolute atomic E-state index is 13.9. The molecule has 8 heteroatoms. The number of carbonyl (C=O) groups is 3. The van der Waals surface area contributed by atoms with Crippen molar-refractivity contribution >= 4 is 30.5 Å². The fourth-order valence-electron chi connectivity index (χ4n) is 3.92. The summed E-state index contributed by atoms with van der Waals surface area (Å²) in [5.41, 5.74) is 1.63. The molecule has 0 aliphatic heterocycles. The number of nitrogens with zero attached hydrogens (tertiary/aromatic N) is 1. The van der Waals surface area contributed by atoms with E-state index in [2.05, 4.69) is 23.3 Å². The Morgan fingerprint density at radius 1 is 1.12 bits per heavy atom. The van der Waals surface area contributed by atoms with Crippen LogP contribution in [0.1, 0.15) is 83.5 Å². The molecular weight excluding hydrogens is 450 g/mol. The van der Waals surface area contributed by atoms with Crippen LogP contribution in [0.4, 0.5) is 4.79 Å². The number of thiol groups is 1. The van der Waals surface area contributed by atoms with Crippen LogP contribution < -0.4 is 10.6 Å². The van der Waals surface area contributed by atoms with Crippen molar-refractivity contribution in [3.05, 3.63) is 34.9 Å². The number of carbonyl (C=O) groups excluding carboxylic acids is 3. The molecule has 1 aliphatic carbocycles. The average molecular weight is 492 g/mol. The molecule has 1 fully saturated rings. The summed E-state index contributed by atoms with van der Waals surface area (Å²) >= 11 is 4.35. The molecule has 1 aromatic rings. The molecule has 0 aromatic heterocycles. The van der Waals surface area contributed by atoms with Crippen LogP contribution in [0.5, 0.6) is 0 Å². The standard InChI is InChI=1S/C26H41N3O4S/c1-16-11-9-14-19(17(16)2)21(22(30)28-25(3,4)5)29(18-12-10-13-18)23(31)20(15-34)27-24(32)33-26(6,7)8/h9,11,14,18,20-21,34H,10,12-13,15H2,1-8H3,(H,27,32)(H,28,30). The largest absolute Gasteiger partial charge is 0.444 e. The Morgan fingerprint density at radius 3 is 2.21 bits per heavy atom. The summed E-state index contributed by atoms with van der Waals surface area (Å²) in [6.07, 6.45) is 1.92. The first kappa shape index (κ1) is 28.0. The molecule has 34 heavy (non-hydrogen) atoms. The predicted octanol–water partition coefficient (Wildman–Crippen LogP) is 4.46. The van der Waals surface area contributed by atoms with E-state index in [9.17, 15) is 14.4 Å². The molecule has 0 radical (unpaired) electrons. The third-order valence-corrected chi connectivity index (χ3v) is 6.23. The van der Waals surface area contributed by atoms with Gasteiger partial charge >= 0.3 is 6.09 Å². The van der Waals surface area contributed by atoms with E-state index in [0.29, 0.717) is 0 Å². The summed E-state index contributed by atoms with van der Waals surface area (Å²) < 4.78 is 5.36. The highest BCUT2D eigenvalue weighted by Gasteiger charge is 2.42. The van der Waals surface area contributed by atoms with E-state index in [1.165, 1.54) is 0 Å². The fraction of sp³-hybridized carbons (Fsp3) is 0.654. The van der Waals surface area contributed by atoms with Crippen LogP contribution in [0.25, 0.3) is 0 Å². The molecule has 7 nitrogen and oxygen atoms in total. The van der Waals surface area contributed by atoms with Crippen molar-refractivity contribution in [3.63, 3.8) is 0 Å². The molecule has 1 aromatic carbocycles. The fourth-order valence-corrected chi connectivity index (χ4v) is 4.17. The Labute approximate surface area is 209 Å². The van der Waals surface area contributed by atoms with Gasteiger partial charge in [-0.25, -0.2) is 4.79 Å². The first-order chi connectivity index (χ1) is 15.6. The van der Waals surface area contributed by atoms with Crippen LogP contribution in [0.2, 0.25) is 0 Å². The van der Waals surface area contributed by atoms with Crippen LogP contribution in [0, 0.1) is 13.8 Å². The zero-order chi connectivity index (χ0) is 25.8. The third-order valence-electron chi connectivity index (χ3n) is 5.86. The lowest BCUT2D eigenvalue weighted by Gasteiger charge is -2.44. The second-order valence-electron chi connectivity index (χ2n) is 11.1. The molecule has 2 N–H and O–H groups in total. The molecule has 1 aliphatic rings. The van der Waals surface area contributed by atoms with Gasteiger partial charge in [0.1, 0.15) is 17.7 Å². The van der Waals surface area contributed by atoms with Gasteiger partial charge in [-0.15, -0.1) is 0 Å². The number of nitrogens with one attached hydrogen (secondary N) is 2. The summed E-state index contributed by atoms with van der Waals surface area (Å²) in [6.45, 7) is 15.0. The Kier molecular flexibility index (Phi) is 9.08. The topological polar surface area (TPSA) is 87.7 Å². The molecule has 0 heterocycles. The van der Waals surface area contributed by atoms with Gasteiger partial charge in [0.2, 0.25) is 11.8 Å². The van der Waals surface area contributed by atoms with E-state index in [1.807, 2.05) is 52.8 Å². The molecule has 2 rings (SSSR count). The molecular formula is C26H41N3O4S. The van der Waals surface area contributed by atoms with Crippen molar-refractivity contribution in [1.82, 2.24) is 15.5 Å². The van der Waals surface area contributed by atoms with Crippen LogP contribution in [-0.4, -0.2) is 51.8 Å². The Bertz CT molecular complexity index is 900. The highest BCUT2D eigenvalue weighted by molar-refractivity contribution is 7.80. The Hall–Kier alpha value is -2.22. The van der Waals surface area contributed by atoms with Crippen LogP contribution in [0.3, 0.4) is 0 Å². The zero-order valence-corrected chi connectivity index (χ0v) is 22.7. The first-order valence-corrected chi connectivity index (χ1v) is 12.6. The number of amides is 3. The van der Waals surface area contributed by atoms with E-state index in [0.717, 1.165) is 36.0 Å². The third kappa shape index (κ3) is 7.39. The number of rotatable bonds is 7. The van der Waals surface area contributed by atoms with Crippen molar-refractivity contribution < 1.29 is 19.1 Å². The minimum Gasteiger partial charge on any atom is -0.444 e. The molecule has 0 bridgehead atoms. The van der Waals surface area contributed by atoms with Crippen molar-refractivity contribution in [2.45, 2.75) is 104 Å². The van der Waals surface area contributed by atoms with Gasteiger partial charge in [0.25, 0.3) is 0 Å². The molecule has 3 amide bonds. The SMILES string of the molecule is Cc1cccc(C(C(=O)NC(C)(C)C)N(C(=O)C(CS)NC(=O)OC(C)(C)C)C2CCC2)c1C. The van der Waals surface area contributed by atoms with E-state index >= 15 is 0 Å². The van der Waals surface area contributed by atoms with Gasteiger partial charge in [0, 0.05) is 17.3 Å². The summed E-state index contributed by atoms with van der Waals surface area (Å²) in [7, 11) is 0. The van der Waals surface area contributed by atoms with Gasteiger partial charge < -0.3 is 20.3 Å². The number of benzene rings is 1. The maximum atomic E-state index is 13.9.